The van der Waals surface area contributed by atoms with E-state index in [0.717, 1.165) is 34.3 Å². The zero-order chi connectivity index (χ0) is 18.6. The molecule has 7 heteroatoms. The van der Waals surface area contributed by atoms with Gasteiger partial charge in [-0.25, -0.2) is 4.98 Å². The number of hydrogen-bond acceptors (Lipinski definition) is 4. The second-order valence-electron chi connectivity index (χ2n) is 6.26. The molecule has 136 valence electrons. The number of pyridine rings is 1. The van der Waals surface area contributed by atoms with Crippen molar-refractivity contribution in [3.63, 3.8) is 0 Å². The number of nitrogens with one attached hydrogen (secondary N) is 1. The molecule has 4 rings (SSSR count). The van der Waals surface area contributed by atoms with Crippen molar-refractivity contribution in [2.45, 2.75) is 19.4 Å². The van der Waals surface area contributed by atoms with Crippen molar-refractivity contribution in [1.29, 1.82) is 0 Å². The predicted molar refractivity (Wildman–Crippen MR) is 103 cm³/mol. The van der Waals surface area contributed by atoms with Gasteiger partial charge in [-0.15, -0.1) is 0 Å². The molecule has 0 aliphatic heterocycles. The number of rotatable bonds is 6. The molecule has 0 atom stereocenters. The SMILES string of the molecule is CNC(=O)CCCn1cc(-n2ccnc2-c2cccc3cnccc23)cn1. The molecule has 0 radical (unpaired) electrons. The molecule has 3 heterocycles. The zero-order valence-electron chi connectivity index (χ0n) is 15.0. The minimum absolute atomic E-state index is 0.0460. The third-order valence-electron chi connectivity index (χ3n) is 4.53. The lowest BCUT2D eigenvalue weighted by Gasteiger charge is -2.08. The van der Waals surface area contributed by atoms with Crippen molar-refractivity contribution in [3.05, 3.63) is 61.4 Å². The first-order valence-corrected chi connectivity index (χ1v) is 8.86. The fourth-order valence-corrected chi connectivity index (χ4v) is 3.15. The molecular formula is C20H20N6O. The van der Waals surface area contributed by atoms with E-state index in [1.807, 2.05) is 52.2 Å². The third-order valence-corrected chi connectivity index (χ3v) is 4.53. The standard InChI is InChI=1S/C20H20N6O/c1-21-19(27)6-3-10-25-14-16(13-24-25)26-11-9-23-20(26)18-5-2-4-15-12-22-8-7-17(15)18/h2,4-5,7-9,11-14H,3,6,10H2,1H3,(H,21,27). The number of amides is 1. The lowest BCUT2D eigenvalue weighted by Crippen LogP contribution is -2.17. The van der Waals surface area contributed by atoms with Crippen molar-refractivity contribution in [2.75, 3.05) is 7.05 Å². The van der Waals surface area contributed by atoms with Crippen molar-refractivity contribution < 1.29 is 4.79 Å². The Morgan fingerprint density at radius 2 is 2.11 bits per heavy atom. The Bertz CT molecular complexity index is 1080. The first-order chi connectivity index (χ1) is 13.3. The van der Waals surface area contributed by atoms with Gasteiger partial charge in [0.2, 0.25) is 5.91 Å². The van der Waals surface area contributed by atoms with E-state index in [4.69, 9.17) is 0 Å². The highest BCUT2D eigenvalue weighted by molar-refractivity contribution is 5.94. The topological polar surface area (TPSA) is 77.6 Å². The average Bonchev–Trinajstić information content (AvgIpc) is 3.36. The Morgan fingerprint density at radius 3 is 3.00 bits per heavy atom. The fraction of sp³-hybridized carbons (Fsp3) is 0.200. The molecule has 0 aliphatic rings. The van der Waals surface area contributed by atoms with Crippen molar-refractivity contribution in [2.24, 2.45) is 0 Å². The maximum atomic E-state index is 11.3. The van der Waals surface area contributed by atoms with Gasteiger partial charge in [-0.3, -0.25) is 19.0 Å². The number of benzene rings is 1. The van der Waals surface area contributed by atoms with E-state index in [9.17, 15) is 4.79 Å². The molecule has 0 bridgehead atoms. The van der Waals surface area contributed by atoms with E-state index in [1.165, 1.54) is 0 Å². The monoisotopic (exact) mass is 360 g/mol. The number of aromatic nitrogens is 5. The van der Waals surface area contributed by atoms with E-state index in [0.29, 0.717) is 13.0 Å². The molecule has 3 aromatic heterocycles. The van der Waals surface area contributed by atoms with Gasteiger partial charge in [-0.1, -0.05) is 18.2 Å². The van der Waals surface area contributed by atoms with Crippen LogP contribution in [0.25, 0.3) is 27.8 Å². The van der Waals surface area contributed by atoms with Crippen molar-refractivity contribution in [1.82, 2.24) is 29.6 Å². The van der Waals surface area contributed by atoms with Crippen LogP contribution in [0.15, 0.2) is 61.4 Å². The van der Waals surface area contributed by atoms with Gasteiger partial charge in [0, 0.05) is 61.9 Å². The van der Waals surface area contributed by atoms with Crippen molar-refractivity contribution in [3.8, 4) is 17.1 Å². The number of aryl methyl sites for hydroxylation is 1. The number of carbonyl (C=O) groups is 1. The lowest BCUT2D eigenvalue weighted by atomic mass is 10.1. The second-order valence-corrected chi connectivity index (χ2v) is 6.26. The van der Waals surface area contributed by atoms with Crippen LogP contribution in [-0.2, 0) is 11.3 Å². The molecular weight excluding hydrogens is 340 g/mol. The van der Waals surface area contributed by atoms with Crippen LogP contribution in [0.4, 0.5) is 0 Å². The summed E-state index contributed by atoms with van der Waals surface area (Å²) in [5.41, 5.74) is 1.99. The summed E-state index contributed by atoms with van der Waals surface area (Å²) in [7, 11) is 1.65. The largest absolute Gasteiger partial charge is 0.359 e. The van der Waals surface area contributed by atoms with Gasteiger partial charge < -0.3 is 5.32 Å². The second kappa shape index (κ2) is 7.41. The Morgan fingerprint density at radius 1 is 1.19 bits per heavy atom. The molecule has 0 fully saturated rings. The summed E-state index contributed by atoms with van der Waals surface area (Å²) in [6.07, 6.45) is 12.4. The molecule has 0 aliphatic carbocycles. The zero-order valence-corrected chi connectivity index (χ0v) is 15.0. The van der Waals surface area contributed by atoms with E-state index in [1.54, 1.807) is 19.4 Å². The van der Waals surface area contributed by atoms with E-state index < -0.39 is 0 Å². The summed E-state index contributed by atoms with van der Waals surface area (Å²) in [5.74, 6) is 0.904. The van der Waals surface area contributed by atoms with Gasteiger partial charge in [-0.05, 0) is 17.9 Å². The molecule has 0 saturated carbocycles. The molecule has 27 heavy (non-hydrogen) atoms. The summed E-state index contributed by atoms with van der Waals surface area (Å²) in [4.78, 5) is 20.1. The molecule has 1 amide bonds. The van der Waals surface area contributed by atoms with Crippen LogP contribution in [0, 0.1) is 0 Å². The fourth-order valence-electron chi connectivity index (χ4n) is 3.15. The van der Waals surface area contributed by atoms with Gasteiger partial charge in [0.1, 0.15) is 5.82 Å². The van der Waals surface area contributed by atoms with Crippen LogP contribution in [0.5, 0.6) is 0 Å². The number of imidazole rings is 1. The Labute approximate surface area is 156 Å². The van der Waals surface area contributed by atoms with Gasteiger partial charge in [0.15, 0.2) is 0 Å². The van der Waals surface area contributed by atoms with Gasteiger partial charge in [0.25, 0.3) is 0 Å². The minimum Gasteiger partial charge on any atom is -0.359 e. The molecule has 0 unspecified atom stereocenters. The lowest BCUT2D eigenvalue weighted by molar-refractivity contribution is -0.120. The summed E-state index contributed by atoms with van der Waals surface area (Å²) in [6.45, 7) is 0.692. The molecule has 0 spiro atoms. The highest BCUT2D eigenvalue weighted by atomic mass is 16.1. The first kappa shape index (κ1) is 17.0. The normalized spacial score (nSPS) is 11.0. The summed E-state index contributed by atoms with van der Waals surface area (Å²) < 4.78 is 3.88. The average molecular weight is 360 g/mol. The molecule has 4 aromatic rings. The van der Waals surface area contributed by atoms with Crippen LogP contribution >= 0.6 is 0 Å². The van der Waals surface area contributed by atoms with Gasteiger partial charge in [0.05, 0.1) is 11.9 Å². The van der Waals surface area contributed by atoms with Crippen LogP contribution in [0.3, 0.4) is 0 Å². The maximum absolute atomic E-state index is 11.3. The first-order valence-electron chi connectivity index (χ1n) is 8.86. The highest BCUT2D eigenvalue weighted by Gasteiger charge is 2.12. The van der Waals surface area contributed by atoms with Crippen LogP contribution in [-0.4, -0.2) is 37.3 Å². The maximum Gasteiger partial charge on any atom is 0.219 e. The van der Waals surface area contributed by atoms with Gasteiger partial charge >= 0.3 is 0 Å². The molecule has 1 aromatic carbocycles. The molecule has 0 saturated heterocycles. The van der Waals surface area contributed by atoms with Crippen LogP contribution < -0.4 is 5.32 Å². The van der Waals surface area contributed by atoms with E-state index >= 15 is 0 Å². The Kier molecular flexibility index (Phi) is 4.65. The number of carbonyl (C=O) groups excluding carboxylic acids is 1. The smallest absolute Gasteiger partial charge is 0.219 e. The predicted octanol–water partition coefficient (Wildman–Crippen LogP) is 2.81. The van der Waals surface area contributed by atoms with Crippen molar-refractivity contribution >= 4 is 16.7 Å². The number of nitrogens with zero attached hydrogens (tertiary/aromatic N) is 5. The quantitative estimate of drug-likeness (QED) is 0.573. The highest BCUT2D eigenvalue weighted by Crippen LogP contribution is 2.28. The Hall–Kier alpha value is -3.48. The molecule has 1 N–H and O–H groups in total. The molecule has 7 nitrogen and oxygen atoms in total. The minimum atomic E-state index is 0.0460. The van der Waals surface area contributed by atoms with Gasteiger partial charge in [-0.2, -0.15) is 5.10 Å². The summed E-state index contributed by atoms with van der Waals surface area (Å²) >= 11 is 0. The third kappa shape index (κ3) is 3.44. The van der Waals surface area contributed by atoms with Crippen LogP contribution in [0.1, 0.15) is 12.8 Å². The number of fused-ring (bicyclic) bond motifs is 1. The summed E-state index contributed by atoms with van der Waals surface area (Å²) in [6, 6.07) is 8.13. The van der Waals surface area contributed by atoms with E-state index in [-0.39, 0.29) is 5.91 Å². The number of hydrogen-bond donors (Lipinski definition) is 1. The summed E-state index contributed by atoms with van der Waals surface area (Å²) in [5, 5.41) is 9.24. The Balaban J connectivity index is 1.62. The van der Waals surface area contributed by atoms with Crippen LogP contribution in [0.2, 0.25) is 0 Å². The van der Waals surface area contributed by atoms with E-state index in [2.05, 4.69) is 26.4 Å².